The summed E-state index contributed by atoms with van der Waals surface area (Å²) in [6, 6.07) is 10.1. The number of carbonyl (C=O) groups is 1. The Labute approximate surface area is 151 Å². The number of hydrogen-bond donors (Lipinski definition) is 3. The van der Waals surface area contributed by atoms with Gasteiger partial charge >= 0.3 is 5.97 Å². The minimum atomic E-state index is -3.92. The largest absolute Gasteiger partial charge is 0.478 e. The van der Waals surface area contributed by atoms with E-state index in [-0.39, 0.29) is 27.1 Å². The van der Waals surface area contributed by atoms with Gasteiger partial charge in [-0.1, -0.05) is 0 Å². The second kappa shape index (κ2) is 6.71. The second-order valence-corrected chi connectivity index (χ2v) is 9.25. The lowest BCUT2D eigenvalue weighted by atomic mass is 10.2. The van der Waals surface area contributed by atoms with Crippen molar-refractivity contribution in [3.63, 3.8) is 0 Å². The molecule has 0 aromatic heterocycles. The molecule has 2 aromatic rings. The van der Waals surface area contributed by atoms with E-state index in [9.17, 15) is 21.6 Å². The first-order valence-electron chi connectivity index (χ1n) is 7.66. The van der Waals surface area contributed by atoms with Gasteiger partial charge in [-0.05, 0) is 61.4 Å². The number of hydrogen-bond acceptors (Lipinski definition) is 5. The van der Waals surface area contributed by atoms with E-state index in [1.165, 1.54) is 48.5 Å². The van der Waals surface area contributed by atoms with Gasteiger partial charge in [-0.15, -0.1) is 0 Å². The highest BCUT2D eigenvalue weighted by Gasteiger charge is 2.28. The third kappa shape index (κ3) is 4.21. The summed E-state index contributed by atoms with van der Waals surface area (Å²) in [6.45, 7) is 0. The van der Waals surface area contributed by atoms with Crippen molar-refractivity contribution in [1.82, 2.24) is 4.72 Å². The highest BCUT2D eigenvalue weighted by atomic mass is 32.2. The van der Waals surface area contributed by atoms with Crippen LogP contribution in [0.15, 0.2) is 58.3 Å². The van der Waals surface area contributed by atoms with Crippen LogP contribution in [0.1, 0.15) is 23.2 Å². The third-order valence-electron chi connectivity index (χ3n) is 3.73. The molecule has 3 N–H and O–H groups in total. The Kier molecular flexibility index (Phi) is 4.74. The van der Waals surface area contributed by atoms with Crippen molar-refractivity contribution in [1.29, 1.82) is 0 Å². The maximum Gasteiger partial charge on any atom is 0.335 e. The summed E-state index contributed by atoms with van der Waals surface area (Å²) in [5.74, 6) is -1.15. The van der Waals surface area contributed by atoms with E-state index in [0.29, 0.717) is 0 Å². The fourth-order valence-electron chi connectivity index (χ4n) is 2.18. The number of carboxylic acid groups (broad SMARTS) is 1. The Hall–Kier alpha value is -2.43. The Morgan fingerprint density at radius 2 is 1.35 bits per heavy atom. The van der Waals surface area contributed by atoms with Crippen molar-refractivity contribution in [3.8, 4) is 0 Å². The van der Waals surface area contributed by atoms with Gasteiger partial charge in [0.1, 0.15) is 0 Å². The van der Waals surface area contributed by atoms with Crippen LogP contribution in [0, 0.1) is 0 Å². The Bertz CT molecular complexity index is 1030. The van der Waals surface area contributed by atoms with Crippen molar-refractivity contribution in [2.45, 2.75) is 28.7 Å². The molecule has 10 heteroatoms. The fourth-order valence-corrected chi connectivity index (χ4v) is 4.55. The van der Waals surface area contributed by atoms with E-state index in [0.717, 1.165) is 12.8 Å². The van der Waals surface area contributed by atoms with Gasteiger partial charge in [0.05, 0.1) is 15.4 Å². The summed E-state index contributed by atoms with van der Waals surface area (Å²) in [5.41, 5.74) is 0.166. The zero-order chi connectivity index (χ0) is 18.9. The molecule has 26 heavy (non-hydrogen) atoms. The zero-order valence-corrected chi connectivity index (χ0v) is 15.0. The fraction of sp³-hybridized carbons (Fsp3) is 0.188. The predicted octanol–water partition coefficient (Wildman–Crippen LogP) is 1.63. The van der Waals surface area contributed by atoms with E-state index in [1.54, 1.807) is 0 Å². The minimum absolute atomic E-state index is 0.0213. The normalized spacial score (nSPS) is 14.8. The van der Waals surface area contributed by atoms with E-state index in [4.69, 9.17) is 5.11 Å². The van der Waals surface area contributed by atoms with Crippen LogP contribution in [0.4, 0.5) is 5.69 Å². The van der Waals surface area contributed by atoms with Crippen LogP contribution >= 0.6 is 0 Å². The van der Waals surface area contributed by atoms with Gasteiger partial charge in [0.2, 0.25) is 10.0 Å². The summed E-state index contributed by atoms with van der Waals surface area (Å²) < 4.78 is 53.7. The molecule has 138 valence electrons. The van der Waals surface area contributed by atoms with Crippen molar-refractivity contribution >= 4 is 31.7 Å². The highest BCUT2D eigenvalue weighted by Crippen LogP contribution is 2.23. The Morgan fingerprint density at radius 1 is 0.846 bits per heavy atom. The van der Waals surface area contributed by atoms with Crippen LogP contribution in [-0.2, 0) is 20.0 Å². The van der Waals surface area contributed by atoms with E-state index in [2.05, 4.69) is 9.44 Å². The molecule has 0 saturated heterocycles. The van der Waals surface area contributed by atoms with E-state index < -0.39 is 26.0 Å². The summed E-state index contributed by atoms with van der Waals surface area (Å²) in [5, 5.41) is 8.84. The zero-order valence-electron chi connectivity index (χ0n) is 13.4. The number of nitrogens with one attached hydrogen (secondary N) is 2. The quantitative estimate of drug-likeness (QED) is 0.652. The summed E-state index contributed by atoms with van der Waals surface area (Å²) >= 11 is 0. The molecule has 1 aliphatic rings. The maximum atomic E-state index is 12.3. The molecular weight excluding hydrogens is 380 g/mol. The number of sulfonamides is 2. The van der Waals surface area contributed by atoms with Gasteiger partial charge in [0, 0.05) is 11.7 Å². The number of rotatable bonds is 7. The smallest absolute Gasteiger partial charge is 0.335 e. The molecule has 3 rings (SSSR count). The second-order valence-electron chi connectivity index (χ2n) is 5.85. The first-order chi connectivity index (χ1) is 12.2. The van der Waals surface area contributed by atoms with Gasteiger partial charge in [-0.25, -0.2) is 26.4 Å². The van der Waals surface area contributed by atoms with Gasteiger partial charge in [-0.2, -0.15) is 0 Å². The molecule has 0 radical (unpaired) electrons. The lowest BCUT2D eigenvalue weighted by Gasteiger charge is -2.10. The van der Waals surface area contributed by atoms with Crippen LogP contribution in [0.2, 0.25) is 0 Å². The van der Waals surface area contributed by atoms with Crippen LogP contribution < -0.4 is 9.44 Å². The molecule has 1 aliphatic carbocycles. The minimum Gasteiger partial charge on any atom is -0.478 e. The molecule has 0 spiro atoms. The van der Waals surface area contributed by atoms with Crippen LogP contribution in [0.3, 0.4) is 0 Å². The average Bonchev–Trinajstić information content (AvgIpc) is 3.38. The van der Waals surface area contributed by atoms with Crippen LogP contribution in [-0.4, -0.2) is 34.0 Å². The molecule has 0 amide bonds. The van der Waals surface area contributed by atoms with Gasteiger partial charge in [-0.3, -0.25) is 4.72 Å². The lowest BCUT2D eigenvalue weighted by molar-refractivity contribution is 0.0696. The van der Waals surface area contributed by atoms with Crippen molar-refractivity contribution < 1.29 is 26.7 Å². The molecular formula is C16H16N2O6S2. The maximum absolute atomic E-state index is 12.3. The molecule has 0 unspecified atom stereocenters. The first kappa shape index (κ1) is 18.4. The van der Waals surface area contributed by atoms with Crippen molar-refractivity contribution in [2.75, 3.05) is 4.72 Å². The Morgan fingerprint density at radius 3 is 1.85 bits per heavy atom. The molecule has 1 saturated carbocycles. The molecule has 0 bridgehead atoms. The molecule has 1 fully saturated rings. The first-order valence-corrected chi connectivity index (χ1v) is 10.6. The SMILES string of the molecule is O=C(O)c1ccc(S(=O)(=O)Nc2ccc(S(=O)(=O)NC3CC3)cc2)cc1. The van der Waals surface area contributed by atoms with E-state index >= 15 is 0 Å². The number of anilines is 1. The highest BCUT2D eigenvalue weighted by molar-refractivity contribution is 7.92. The molecule has 0 aliphatic heterocycles. The molecule has 0 heterocycles. The number of benzene rings is 2. The van der Waals surface area contributed by atoms with Gasteiger partial charge in [0.25, 0.3) is 10.0 Å². The van der Waals surface area contributed by atoms with E-state index in [1.807, 2.05) is 0 Å². The molecule has 8 nitrogen and oxygen atoms in total. The monoisotopic (exact) mass is 396 g/mol. The predicted molar refractivity (Wildman–Crippen MR) is 94.0 cm³/mol. The summed E-state index contributed by atoms with van der Waals surface area (Å²) in [7, 11) is -7.53. The number of aromatic carboxylic acids is 1. The number of carboxylic acids is 1. The summed E-state index contributed by atoms with van der Waals surface area (Å²) in [4.78, 5) is 10.8. The van der Waals surface area contributed by atoms with Crippen molar-refractivity contribution in [3.05, 3.63) is 54.1 Å². The third-order valence-corrected chi connectivity index (χ3v) is 6.66. The standard InChI is InChI=1S/C16H16N2O6S2/c19-16(20)11-1-7-14(8-2-11)25(21,22)18-13-5-9-15(10-6-13)26(23,24)17-12-3-4-12/h1-2,5-10,12,17-18H,3-4H2,(H,19,20). The molecule has 2 aromatic carbocycles. The Balaban J connectivity index is 1.76. The topological polar surface area (TPSA) is 130 Å². The van der Waals surface area contributed by atoms with Crippen LogP contribution in [0.5, 0.6) is 0 Å². The van der Waals surface area contributed by atoms with Gasteiger partial charge in [0.15, 0.2) is 0 Å². The average molecular weight is 396 g/mol. The van der Waals surface area contributed by atoms with Crippen LogP contribution in [0.25, 0.3) is 0 Å². The lowest BCUT2D eigenvalue weighted by Crippen LogP contribution is -2.25. The summed E-state index contributed by atoms with van der Waals surface area (Å²) in [6.07, 6.45) is 1.63. The van der Waals surface area contributed by atoms with Gasteiger partial charge < -0.3 is 5.11 Å². The van der Waals surface area contributed by atoms with Crippen molar-refractivity contribution in [2.24, 2.45) is 0 Å². The molecule has 0 atom stereocenters.